The van der Waals surface area contributed by atoms with Gasteiger partial charge in [-0.15, -0.1) is 0 Å². The van der Waals surface area contributed by atoms with Crippen molar-refractivity contribution in [2.75, 3.05) is 13.1 Å². The molecule has 138 valence electrons. The molecule has 24 heavy (non-hydrogen) atoms. The van der Waals surface area contributed by atoms with E-state index in [9.17, 15) is 14.4 Å². The summed E-state index contributed by atoms with van der Waals surface area (Å²) in [5, 5.41) is 0. The number of ketones is 1. The van der Waals surface area contributed by atoms with E-state index in [2.05, 4.69) is 11.8 Å². The van der Waals surface area contributed by atoms with Crippen LogP contribution < -0.4 is 0 Å². The second-order valence-corrected chi connectivity index (χ2v) is 7.22. The molecule has 3 atom stereocenters. The van der Waals surface area contributed by atoms with Crippen molar-refractivity contribution in [3.05, 3.63) is 0 Å². The highest BCUT2D eigenvalue weighted by molar-refractivity contribution is 5.99. The number of aldehydes is 2. The Balaban J connectivity index is 2.15. The van der Waals surface area contributed by atoms with E-state index in [1.54, 1.807) is 0 Å². The van der Waals surface area contributed by atoms with Crippen LogP contribution in [0, 0.1) is 11.8 Å². The van der Waals surface area contributed by atoms with Crippen molar-refractivity contribution in [3.63, 3.8) is 0 Å². The summed E-state index contributed by atoms with van der Waals surface area (Å²) < 4.78 is 0. The maximum absolute atomic E-state index is 12.2. The molecule has 0 N–H and O–H groups in total. The number of hydrogen-bond acceptors (Lipinski definition) is 4. The van der Waals surface area contributed by atoms with Crippen molar-refractivity contribution in [1.29, 1.82) is 0 Å². The summed E-state index contributed by atoms with van der Waals surface area (Å²) in [5.41, 5.74) is 0. The molecule has 1 rings (SSSR count). The molecule has 4 nitrogen and oxygen atoms in total. The van der Waals surface area contributed by atoms with Crippen molar-refractivity contribution in [1.82, 2.24) is 4.90 Å². The molecule has 0 amide bonds. The van der Waals surface area contributed by atoms with Gasteiger partial charge in [0, 0.05) is 12.5 Å². The molecule has 0 spiro atoms. The first-order valence-electron chi connectivity index (χ1n) is 9.84. The van der Waals surface area contributed by atoms with Crippen LogP contribution in [0.2, 0.25) is 0 Å². The third kappa shape index (κ3) is 6.84. The number of piperidine rings is 1. The van der Waals surface area contributed by atoms with E-state index in [1.165, 1.54) is 57.8 Å². The predicted molar refractivity (Wildman–Crippen MR) is 97.0 cm³/mol. The van der Waals surface area contributed by atoms with Gasteiger partial charge in [-0.05, 0) is 19.9 Å². The first-order valence-corrected chi connectivity index (χ1v) is 9.84. The Morgan fingerprint density at radius 2 is 1.46 bits per heavy atom. The zero-order valence-electron chi connectivity index (χ0n) is 15.5. The summed E-state index contributed by atoms with van der Waals surface area (Å²) in [6.07, 6.45) is 14.3. The lowest BCUT2D eigenvalue weighted by Crippen LogP contribution is -2.53. The van der Waals surface area contributed by atoms with E-state index in [4.69, 9.17) is 0 Å². The molecular weight excluding hydrogens is 302 g/mol. The number of likely N-dealkylation sites (tertiary alicyclic amines) is 1. The van der Waals surface area contributed by atoms with E-state index < -0.39 is 11.8 Å². The van der Waals surface area contributed by atoms with E-state index in [0.29, 0.717) is 12.8 Å². The molecule has 0 aromatic rings. The Hall–Kier alpha value is -1.03. The van der Waals surface area contributed by atoms with Gasteiger partial charge < -0.3 is 9.59 Å². The molecule has 1 fully saturated rings. The van der Waals surface area contributed by atoms with Gasteiger partial charge >= 0.3 is 0 Å². The van der Waals surface area contributed by atoms with Gasteiger partial charge in [0.2, 0.25) is 0 Å². The van der Waals surface area contributed by atoms with Crippen LogP contribution in [-0.2, 0) is 14.4 Å². The summed E-state index contributed by atoms with van der Waals surface area (Å²) >= 11 is 0. The molecule has 0 bridgehead atoms. The summed E-state index contributed by atoms with van der Waals surface area (Å²) in [6, 6.07) is -0.241. The van der Waals surface area contributed by atoms with Gasteiger partial charge in [-0.25, -0.2) is 0 Å². The minimum Gasteiger partial charge on any atom is -0.303 e. The molecule has 4 heteroatoms. The summed E-state index contributed by atoms with van der Waals surface area (Å²) in [7, 11) is 0. The van der Waals surface area contributed by atoms with Gasteiger partial charge in [0.25, 0.3) is 0 Å². The van der Waals surface area contributed by atoms with Gasteiger partial charge in [-0.2, -0.15) is 0 Å². The van der Waals surface area contributed by atoms with Crippen LogP contribution in [-0.4, -0.2) is 42.4 Å². The fraction of sp³-hybridized carbons (Fsp3) is 0.850. The molecular formula is C20H35NO3. The fourth-order valence-electron chi connectivity index (χ4n) is 3.59. The molecule has 3 unspecified atom stereocenters. The maximum Gasteiger partial charge on any atom is 0.160 e. The second kappa shape index (κ2) is 12.3. The number of Topliss-reactive ketones (excluding diaryl/α,β-unsaturated/α-hetero) is 1. The zero-order valence-corrected chi connectivity index (χ0v) is 15.5. The van der Waals surface area contributed by atoms with Crippen molar-refractivity contribution in [3.8, 4) is 0 Å². The van der Waals surface area contributed by atoms with Gasteiger partial charge in [-0.3, -0.25) is 9.69 Å². The van der Waals surface area contributed by atoms with Crippen molar-refractivity contribution in [2.24, 2.45) is 11.8 Å². The van der Waals surface area contributed by atoms with E-state index in [1.807, 2.05) is 6.92 Å². The Kier molecular flexibility index (Phi) is 10.8. The van der Waals surface area contributed by atoms with Crippen molar-refractivity contribution >= 4 is 18.4 Å². The third-order valence-electron chi connectivity index (χ3n) is 5.31. The smallest absolute Gasteiger partial charge is 0.160 e. The van der Waals surface area contributed by atoms with Crippen LogP contribution in [0.25, 0.3) is 0 Å². The lowest BCUT2D eigenvalue weighted by Gasteiger charge is -2.37. The van der Waals surface area contributed by atoms with Crippen molar-refractivity contribution in [2.45, 2.75) is 84.1 Å². The average molecular weight is 338 g/mol. The standard InChI is InChI=1S/C20H35NO3/c1-3-4-5-6-7-8-9-10-11-12-13-21-14-18(15-22)19(16-23)20(24)17(21)2/h15-19H,3-14H2,1-2H3. The number of hydrogen-bond donors (Lipinski definition) is 0. The molecule has 0 aromatic carbocycles. The van der Waals surface area contributed by atoms with Gasteiger partial charge in [0.05, 0.1) is 12.0 Å². The van der Waals surface area contributed by atoms with E-state index in [-0.39, 0.29) is 11.8 Å². The SMILES string of the molecule is CCCCCCCCCCCCN1CC(C=O)C(C=O)C(=O)C1C. The molecule has 1 aliphatic rings. The van der Waals surface area contributed by atoms with Crippen LogP contribution >= 0.6 is 0 Å². The number of carbonyl (C=O) groups is 3. The quantitative estimate of drug-likeness (QED) is 0.291. The van der Waals surface area contributed by atoms with Gasteiger partial charge in [-0.1, -0.05) is 64.7 Å². The Morgan fingerprint density at radius 1 is 0.917 bits per heavy atom. The highest BCUT2D eigenvalue weighted by Gasteiger charge is 2.39. The normalized spacial score (nSPS) is 24.9. The molecule has 0 aromatic heterocycles. The highest BCUT2D eigenvalue weighted by atomic mass is 16.1. The predicted octanol–water partition coefficient (Wildman–Crippen LogP) is 3.81. The third-order valence-corrected chi connectivity index (χ3v) is 5.31. The summed E-state index contributed by atoms with van der Waals surface area (Å²) in [6.45, 7) is 5.49. The Morgan fingerprint density at radius 3 is 1.96 bits per heavy atom. The Bertz CT molecular complexity index is 383. The maximum atomic E-state index is 12.2. The molecule has 0 aliphatic carbocycles. The number of nitrogens with zero attached hydrogens (tertiary/aromatic N) is 1. The molecule has 1 heterocycles. The van der Waals surface area contributed by atoms with E-state index in [0.717, 1.165) is 19.3 Å². The molecule has 0 radical (unpaired) electrons. The minimum atomic E-state index is -0.735. The molecule has 1 saturated heterocycles. The number of unbranched alkanes of at least 4 members (excludes halogenated alkanes) is 9. The van der Waals surface area contributed by atoms with Gasteiger partial charge in [0.1, 0.15) is 12.6 Å². The first-order chi connectivity index (χ1) is 11.7. The average Bonchev–Trinajstić information content (AvgIpc) is 2.59. The molecule has 0 saturated carbocycles. The van der Waals surface area contributed by atoms with Crippen LogP contribution in [0.1, 0.15) is 78.1 Å². The Labute approximate surface area is 147 Å². The lowest BCUT2D eigenvalue weighted by atomic mass is 9.83. The summed E-state index contributed by atoms with van der Waals surface area (Å²) in [5.74, 6) is -1.30. The van der Waals surface area contributed by atoms with Crippen LogP contribution in [0.3, 0.4) is 0 Å². The van der Waals surface area contributed by atoms with Crippen LogP contribution in [0.15, 0.2) is 0 Å². The molecule has 1 aliphatic heterocycles. The largest absolute Gasteiger partial charge is 0.303 e. The number of carbonyl (C=O) groups excluding carboxylic acids is 3. The number of rotatable bonds is 13. The van der Waals surface area contributed by atoms with Crippen LogP contribution in [0.5, 0.6) is 0 Å². The van der Waals surface area contributed by atoms with Crippen LogP contribution in [0.4, 0.5) is 0 Å². The van der Waals surface area contributed by atoms with E-state index >= 15 is 0 Å². The fourth-order valence-corrected chi connectivity index (χ4v) is 3.59. The van der Waals surface area contributed by atoms with Gasteiger partial charge in [0.15, 0.2) is 5.78 Å². The first kappa shape index (κ1) is 21.0. The topological polar surface area (TPSA) is 54.5 Å². The van der Waals surface area contributed by atoms with Crippen molar-refractivity contribution < 1.29 is 14.4 Å². The summed E-state index contributed by atoms with van der Waals surface area (Å²) in [4.78, 5) is 36.4. The lowest BCUT2D eigenvalue weighted by molar-refractivity contribution is -0.141. The monoisotopic (exact) mass is 337 g/mol. The second-order valence-electron chi connectivity index (χ2n) is 7.22. The zero-order chi connectivity index (χ0) is 17.8. The minimum absolute atomic E-state index is 0.0968. The highest BCUT2D eigenvalue weighted by Crippen LogP contribution is 2.23.